The van der Waals surface area contributed by atoms with E-state index in [1.54, 1.807) is 24.3 Å². The van der Waals surface area contributed by atoms with E-state index in [1.165, 1.54) is 6.92 Å². The van der Waals surface area contributed by atoms with Gasteiger partial charge in [0.2, 0.25) is 5.91 Å². The van der Waals surface area contributed by atoms with E-state index in [1.807, 2.05) is 0 Å². The monoisotopic (exact) mass is 393 g/mol. The summed E-state index contributed by atoms with van der Waals surface area (Å²) in [6.45, 7) is 2.80. The molecule has 1 aliphatic rings. The first-order valence-corrected chi connectivity index (χ1v) is 8.28. The second-order valence-electron chi connectivity index (χ2n) is 6.05. The fraction of sp³-hybridized carbons (Fsp3) is 0.529. The molecule has 146 valence electrons. The summed E-state index contributed by atoms with van der Waals surface area (Å²) in [7, 11) is 0. The Morgan fingerprint density at radius 3 is 2.65 bits per heavy atom. The fourth-order valence-corrected chi connectivity index (χ4v) is 2.79. The number of rotatable bonds is 5. The zero-order valence-corrected chi connectivity index (χ0v) is 15.3. The third-order valence-electron chi connectivity index (χ3n) is 4.15. The first kappa shape index (κ1) is 22.2. The molecule has 0 bridgehead atoms. The van der Waals surface area contributed by atoms with Gasteiger partial charge in [0.05, 0.1) is 5.92 Å². The largest absolute Gasteiger partial charge is 0.471 e. The Morgan fingerprint density at radius 2 is 2.08 bits per heavy atom. The Bertz CT molecular complexity index is 620. The molecular formula is C17H23ClF3N3O2. The van der Waals surface area contributed by atoms with Crippen LogP contribution in [0.3, 0.4) is 0 Å². The molecule has 2 N–H and O–H groups in total. The minimum atomic E-state index is -4.89. The number of carbonyl (C=O) groups is 2. The van der Waals surface area contributed by atoms with Gasteiger partial charge in [-0.25, -0.2) is 0 Å². The molecule has 1 saturated heterocycles. The molecule has 0 spiro atoms. The summed E-state index contributed by atoms with van der Waals surface area (Å²) in [5.41, 5.74) is 1.04. The molecule has 5 nitrogen and oxygen atoms in total. The second-order valence-corrected chi connectivity index (χ2v) is 6.05. The van der Waals surface area contributed by atoms with Crippen molar-refractivity contribution in [3.05, 3.63) is 29.8 Å². The molecule has 0 aliphatic carbocycles. The molecule has 0 aromatic heterocycles. The number of anilines is 1. The van der Waals surface area contributed by atoms with Crippen molar-refractivity contribution in [1.82, 2.24) is 10.2 Å². The molecule has 0 radical (unpaired) electrons. The highest BCUT2D eigenvalue weighted by Crippen LogP contribution is 2.21. The summed E-state index contributed by atoms with van der Waals surface area (Å²) in [4.78, 5) is 24.4. The molecule has 1 heterocycles. The zero-order chi connectivity index (χ0) is 18.4. The molecule has 9 heteroatoms. The highest BCUT2D eigenvalue weighted by atomic mass is 35.5. The Hall–Kier alpha value is -1.80. The molecule has 1 atom stereocenters. The lowest BCUT2D eigenvalue weighted by atomic mass is 9.99. The Balaban J connectivity index is 0.00000338. The first-order chi connectivity index (χ1) is 11.8. The number of halogens is 4. The number of nitrogens with one attached hydrogen (secondary N) is 2. The van der Waals surface area contributed by atoms with Gasteiger partial charge >= 0.3 is 12.1 Å². The SMILES string of the molecule is CCN(Cc1cccc(NC(=O)C2CCCNC2)c1)C(=O)C(F)(F)F.Cl. The maximum Gasteiger partial charge on any atom is 0.471 e. The maximum atomic E-state index is 12.6. The van der Waals surface area contributed by atoms with Crippen molar-refractivity contribution in [3.8, 4) is 0 Å². The van der Waals surface area contributed by atoms with Gasteiger partial charge in [-0.15, -0.1) is 12.4 Å². The third kappa shape index (κ3) is 6.17. The molecule has 1 aromatic carbocycles. The summed E-state index contributed by atoms with van der Waals surface area (Å²) in [6.07, 6.45) is -3.15. The predicted molar refractivity (Wildman–Crippen MR) is 95.1 cm³/mol. The van der Waals surface area contributed by atoms with Gasteiger partial charge in [-0.3, -0.25) is 9.59 Å². The summed E-state index contributed by atoms with van der Waals surface area (Å²) < 4.78 is 37.8. The van der Waals surface area contributed by atoms with Crippen molar-refractivity contribution < 1.29 is 22.8 Å². The van der Waals surface area contributed by atoms with Gasteiger partial charge in [0, 0.05) is 25.3 Å². The van der Waals surface area contributed by atoms with Gasteiger partial charge in [-0.05, 0) is 44.0 Å². The van der Waals surface area contributed by atoms with Crippen LogP contribution in [0.25, 0.3) is 0 Å². The van der Waals surface area contributed by atoms with E-state index >= 15 is 0 Å². The van der Waals surface area contributed by atoms with Crippen molar-refractivity contribution in [1.29, 1.82) is 0 Å². The number of alkyl halides is 3. The minimum Gasteiger partial charge on any atom is -0.331 e. The standard InChI is InChI=1S/C17H22F3N3O2.ClH/c1-2-23(16(25)17(18,19)20)11-12-5-3-7-14(9-12)22-15(24)13-6-4-8-21-10-13;/h3,5,7,9,13,21H,2,4,6,8,10-11H2,1H3,(H,22,24);1H. The van der Waals surface area contributed by atoms with E-state index in [0.717, 1.165) is 24.3 Å². The maximum absolute atomic E-state index is 12.6. The molecule has 1 aromatic rings. The zero-order valence-electron chi connectivity index (χ0n) is 14.4. The highest BCUT2D eigenvalue weighted by Gasteiger charge is 2.41. The van der Waals surface area contributed by atoms with Gasteiger partial charge in [0.1, 0.15) is 0 Å². The Labute approximate surface area is 156 Å². The lowest BCUT2D eigenvalue weighted by Crippen LogP contribution is -2.40. The predicted octanol–water partition coefficient (Wildman–Crippen LogP) is 2.96. The second kappa shape index (κ2) is 9.78. The van der Waals surface area contributed by atoms with Crippen LogP contribution in [0.4, 0.5) is 18.9 Å². The van der Waals surface area contributed by atoms with E-state index in [9.17, 15) is 22.8 Å². The molecule has 1 fully saturated rings. The van der Waals surface area contributed by atoms with Crippen LogP contribution in [0.15, 0.2) is 24.3 Å². The number of carbonyl (C=O) groups excluding carboxylic acids is 2. The summed E-state index contributed by atoms with van der Waals surface area (Å²) in [5, 5.41) is 5.96. The van der Waals surface area contributed by atoms with Crippen molar-refractivity contribution in [2.75, 3.05) is 25.0 Å². The molecule has 2 rings (SSSR count). The van der Waals surface area contributed by atoms with Crippen LogP contribution < -0.4 is 10.6 Å². The van der Waals surface area contributed by atoms with Crippen LogP contribution in [0.2, 0.25) is 0 Å². The average molecular weight is 394 g/mol. The molecule has 0 saturated carbocycles. The number of nitrogens with zero attached hydrogens (tertiary/aromatic N) is 1. The average Bonchev–Trinajstić information content (AvgIpc) is 2.59. The number of piperidine rings is 1. The van der Waals surface area contributed by atoms with Crippen LogP contribution in [0, 0.1) is 5.92 Å². The fourth-order valence-electron chi connectivity index (χ4n) is 2.79. The Morgan fingerprint density at radius 1 is 1.35 bits per heavy atom. The lowest BCUT2D eigenvalue weighted by molar-refractivity contribution is -0.185. The van der Waals surface area contributed by atoms with Crippen molar-refractivity contribution in [3.63, 3.8) is 0 Å². The number of hydrogen-bond donors (Lipinski definition) is 2. The lowest BCUT2D eigenvalue weighted by Gasteiger charge is -2.23. The van der Waals surface area contributed by atoms with Crippen LogP contribution in [0.1, 0.15) is 25.3 Å². The smallest absolute Gasteiger partial charge is 0.331 e. The third-order valence-corrected chi connectivity index (χ3v) is 4.15. The summed E-state index contributed by atoms with van der Waals surface area (Å²) in [6, 6.07) is 6.56. The molecular weight excluding hydrogens is 371 g/mol. The van der Waals surface area contributed by atoms with E-state index < -0.39 is 12.1 Å². The van der Waals surface area contributed by atoms with Crippen molar-refractivity contribution >= 4 is 29.9 Å². The Kier molecular flexibility index (Phi) is 8.36. The minimum absolute atomic E-state index is 0. The van der Waals surface area contributed by atoms with Crippen molar-refractivity contribution in [2.24, 2.45) is 5.92 Å². The van der Waals surface area contributed by atoms with Crippen LogP contribution in [-0.4, -0.2) is 42.5 Å². The van der Waals surface area contributed by atoms with Gasteiger partial charge in [-0.1, -0.05) is 12.1 Å². The van der Waals surface area contributed by atoms with E-state index in [0.29, 0.717) is 17.8 Å². The quantitative estimate of drug-likeness (QED) is 0.808. The topological polar surface area (TPSA) is 61.4 Å². The molecule has 2 amide bonds. The number of benzene rings is 1. The highest BCUT2D eigenvalue weighted by molar-refractivity contribution is 5.92. The van der Waals surface area contributed by atoms with E-state index in [-0.39, 0.29) is 37.3 Å². The van der Waals surface area contributed by atoms with Crippen LogP contribution >= 0.6 is 12.4 Å². The van der Waals surface area contributed by atoms with Gasteiger partial charge in [0.15, 0.2) is 0 Å². The van der Waals surface area contributed by atoms with E-state index in [2.05, 4.69) is 10.6 Å². The van der Waals surface area contributed by atoms with E-state index in [4.69, 9.17) is 0 Å². The molecule has 1 unspecified atom stereocenters. The van der Waals surface area contributed by atoms with Crippen molar-refractivity contribution in [2.45, 2.75) is 32.5 Å². The van der Waals surface area contributed by atoms with Gasteiger partial charge in [0.25, 0.3) is 0 Å². The number of amides is 2. The van der Waals surface area contributed by atoms with Gasteiger partial charge in [-0.2, -0.15) is 13.2 Å². The van der Waals surface area contributed by atoms with Crippen LogP contribution in [-0.2, 0) is 16.1 Å². The van der Waals surface area contributed by atoms with Gasteiger partial charge < -0.3 is 15.5 Å². The summed E-state index contributed by atoms with van der Waals surface area (Å²) in [5.74, 6) is -2.09. The summed E-state index contributed by atoms with van der Waals surface area (Å²) >= 11 is 0. The van der Waals surface area contributed by atoms with Crippen LogP contribution in [0.5, 0.6) is 0 Å². The molecule has 26 heavy (non-hydrogen) atoms. The number of hydrogen-bond acceptors (Lipinski definition) is 3. The first-order valence-electron chi connectivity index (χ1n) is 8.28. The normalized spacial score (nSPS) is 17.2. The molecule has 1 aliphatic heterocycles.